The number of halogens is 1. The number of thioether (sulfide) groups is 1. The van der Waals surface area contributed by atoms with Gasteiger partial charge in [0, 0.05) is 22.7 Å². The lowest BCUT2D eigenvalue weighted by atomic mass is 10.1. The second-order valence-corrected chi connectivity index (χ2v) is 5.23. The Morgan fingerprint density at radius 1 is 1.25 bits per heavy atom. The van der Waals surface area contributed by atoms with Gasteiger partial charge in [0.05, 0.1) is 5.69 Å². The van der Waals surface area contributed by atoms with Crippen LogP contribution in [0, 0.1) is 0 Å². The Morgan fingerprint density at radius 2 is 1.95 bits per heavy atom. The third kappa shape index (κ3) is 3.13. The van der Waals surface area contributed by atoms with Gasteiger partial charge in [0.15, 0.2) is 0 Å². The number of ketones is 1. The van der Waals surface area contributed by atoms with E-state index in [9.17, 15) is 9.59 Å². The molecule has 0 N–H and O–H groups in total. The van der Waals surface area contributed by atoms with Crippen LogP contribution in [0.3, 0.4) is 0 Å². The van der Waals surface area contributed by atoms with Crippen LogP contribution in [0.5, 0.6) is 0 Å². The second-order valence-electron chi connectivity index (χ2n) is 3.89. The van der Waals surface area contributed by atoms with E-state index in [4.69, 9.17) is 0 Å². The van der Waals surface area contributed by atoms with Crippen molar-refractivity contribution in [2.24, 2.45) is 0 Å². The molecular weight excluding hydrogens is 340 g/mol. The number of benzene rings is 1. The van der Waals surface area contributed by atoms with Crippen molar-refractivity contribution in [2.45, 2.75) is 5.33 Å². The van der Waals surface area contributed by atoms with Crippen molar-refractivity contribution in [3.05, 3.63) is 47.9 Å². The fraction of sp³-hybridized carbons (Fsp3) is 0.143. The van der Waals surface area contributed by atoms with E-state index < -0.39 is 10.9 Å². The maximum absolute atomic E-state index is 11.9. The Morgan fingerprint density at radius 3 is 2.55 bits per heavy atom. The van der Waals surface area contributed by atoms with Gasteiger partial charge in [-0.15, -0.1) is 0 Å². The van der Waals surface area contributed by atoms with Gasteiger partial charge in [-0.3, -0.25) is 9.59 Å². The molecule has 102 valence electrons. The SMILES string of the molecule is CSC(=O)C(=O)c1ncc(CBr)c(-c2ccccc2)n1. The molecule has 0 spiro atoms. The van der Waals surface area contributed by atoms with Crippen molar-refractivity contribution in [1.82, 2.24) is 9.97 Å². The monoisotopic (exact) mass is 350 g/mol. The van der Waals surface area contributed by atoms with Crippen LogP contribution in [0.25, 0.3) is 11.3 Å². The maximum atomic E-state index is 11.9. The third-order valence-corrected chi connectivity index (χ3v) is 3.79. The van der Waals surface area contributed by atoms with Gasteiger partial charge in [0.25, 0.3) is 10.9 Å². The third-order valence-electron chi connectivity index (χ3n) is 2.63. The number of alkyl halides is 1. The molecule has 1 aromatic heterocycles. The molecule has 0 aliphatic rings. The van der Waals surface area contributed by atoms with Gasteiger partial charge < -0.3 is 0 Å². The Balaban J connectivity index is 2.50. The summed E-state index contributed by atoms with van der Waals surface area (Å²) in [6.45, 7) is 0. The first kappa shape index (κ1) is 14.9. The van der Waals surface area contributed by atoms with Crippen molar-refractivity contribution in [2.75, 3.05) is 6.26 Å². The van der Waals surface area contributed by atoms with Crippen LogP contribution < -0.4 is 0 Å². The summed E-state index contributed by atoms with van der Waals surface area (Å²) >= 11 is 4.24. The van der Waals surface area contributed by atoms with Gasteiger partial charge in [0.2, 0.25) is 5.82 Å². The van der Waals surface area contributed by atoms with E-state index in [2.05, 4.69) is 25.9 Å². The smallest absolute Gasteiger partial charge is 0.276 e. The van der Waals surface area contributed by atoms with E-state index in [0.29, 0.717) is 11.0 Å². The molecule has 0 aliphatic carbocycles. The van der Waals surface area contributed by atoms with Gasteiger partial charge >= 0.3 is 0 Å². The highest BCUT2D eigenvalue weighted by Gasteiger charge is 2.20. The number of carbonyl (C=O) groups is 2. The first-order valence-electron chi connectivity index (χ1n) is 5.77. The molecule has 0 bridgehead atoms. The fourth-order valence-corrected chi connectivity index (χ4v) is 2.33. The molecule has 4 nitrogen and oxygen atoms in total. The van der Waals surface area contributed by atoms with E-state index in [1.54, 1.807) is 12.5 Å². The molecule has 0 fully saturated rings. The fourth-order valence-electron chi connectivity index (χ4n) is 1.64. The van der Waals surface area contributed by atoms with E-state index in [0.717, 1.165) is 22.9 Å². The zero-order valence-corrected chi connectivity index (χ0v) is 13.1. The van der Waals surface area contributed by atoms with Crippen LogP contribution in [0.15, 0.2) is 36.5 Å². The van der Waals surface area contributed by atoms with Gasteiger partial charge in [-0.05, 0) is 6.26 Å². The van der Waals surface area contributed by atoms with Crippen LogP contribution in [0.1, 0.15) is 16.2 Å². The number of aromatic nitrogens is 2. The van der Waals surface area contributed by atoms with Crippen molar-refractivity contribution in [3.63, 3.8) is 0 Å². The molecule has 2 aromatic rings. The van der Waals surface area contributed by atoms with Crippen molar-refractivity contribution in [3.8, 4) is 11.3 Å². The lowest BCUT2D eigenvalue weighted by molar-refractivity contribution is -0.107. The number of hydrogen-bond donors (Lipinski definition) is 0. The Bertz CT molecular complexity index is 647. The highest BCUT2D eigenvalue weighted by Crippen LogP contribution is 2.23. The summed E-state index contributed by atoms with van der Waals surface area (Å²) in [4.78, 5) is 31.5. The van der Waals surface area contributed by atoms with Crippen molar-refractivity contribution >= 4 is 38.6 Å². The molecule has 2 rings (SSSR count). The van der Waals surface area contributed by atoms with E-state index in [-0.39, 0.29) is 5.82 Å². The molecule has 6 heteroatoms. The molecule has 0 radical (unpaired) electrons. The normalized spacial score (nSPS) is 10.3. The summed E-state index contributed by atoms with van der Waals surface area (Å²) in [5.74, 6) is -0.733. The number of nitrogens with zero attached hydrogens (tertiary/aromatic N) is 2. The number of hydrogen-bond acceptors (Lipinski definition) is 5. The first-order valence-corrected chi connectivity index (χ1v) is 8.12. The van der Waals surface area contributed by atoms with Gasteiger partial charge in [-0.1, -0.05) is 58.0 Å². The number of Topliss-reactive ketones (excluding diaryl/α,β-unsaturated/α-hetero) is 1. The average Bonchev–Trinajstić information content (AvgIpc) is 2.53. The molecular formula is C14H11BrN2O2S. The van der Waals surface area contributed by atoms with E-state index >= 15 is 0 Å². The Labute approximate surface area is 129 Å². The minimum Gasteiger partial charge on any atom is -0.281 e. The number of carbonyl (C=O) groups excluding carboxylic acids is 2. The minimum atomic E-state index is -0.671. The summed E-state index contributed by atoms with van der Waals surface area (Å²) in [6, 6.07) is 9.49. The molecule has 1 heterocycles. The predicted octanol–water partition coefficient (Wildman–Crippen LogP) is 3.11. The second kappa shape index (κ2) is 6.76. The van der Waals surface area contributed by atoms with Crippen LogP contribution >= 0.6 is 27.7 Å². The molecule has 0 atom stereocenters. The van der Waals surface area contributed by atoms with E-state index in [1.165, 1.54) is 0 Å². The highest BCUT2D eigenvalue weighted by atomic mass is 79.9. The number of rotatable bonds is 4. The Hall–Kier alpha value is -1.53. The summed E-state index contributed by atoms with van der Waals surface area (Å²) in [5, 5.41) is 0.0120. The first-order chi connectivity index (χ1) is 9.67. The lowest BCUT2D eigenvalue weighted by Crippen LogP contribution is -2.15. The molecule has 0 saturated heterocycles. The molecule has 0 aliphatic heterocycles. The summed E-state index contributed by atoms with van der Waals surface area (Å²) in [5.41, 5.74) is 2.41. The van der Waals surface area contributed by atoms with E-state index in [1.807, 2.05) is 30.3 Å². The topological polar surface area (TPSA) is 59.9 Å². The lowest BCUT2D eigenvalue weighted by Gasteiger charge is -2.07. The van der Waals surface area contributed by atoms with Crippen LogP contribution in [-0.2, 0) is 10.1 Å². The average molecular weight is 351 g/mol. The molecule has 0 saturated carbocycles. The molecule has 1 aromatic carbocycles. The summed E-state index contributed by atoms with van der Waals surface area (Å²) < 4.78 is 0. The maximum Gasteiger partial charge on any atom is 0.276 e. The largest absolute Gasteiger partial charge is 0.281 e. The molecule has 0 unspecified atom stereocenters. The predicted molar refractivity (Wildman–Crippen MR) is 83.0 cm³/mol. The summed E-state index contributed by atoms with van der Waals surface area (Å²) in [6.07, 6.45) is 3.14. The minimum absolute atomic E-state index is 0.0621. The van der Waals surface area contributed by atoms with Gasteiger partial charge in [-0.25, -0.2) is 9.97 Å². The standard InChI is InChI=1S/C14H11BrN2O2S/c1-20-14(19)12(18)13-16-8-10(7-15)11(17-13)9-5-3-2-4-6-9/h2-6,8H,7H2,1H3. The van der Waals surface area contributed by atoms with Gasteiger partial charge in [0.1, 0.15) is 0 Å². The summed E-state index contributed by atoms with van der Waals surface area (Å²) in [7, 11) is 0. The quantitative estimate of drug-likeness (QED) is 0.481. The zero-order chi connectivity index (χ0) is 14.5. The Kier molecular flexibility index (Phi) is 5.03. The van der Waals surface area contributed by atoms with Crippen LogP contribution in [-0.4, -0.2) is 27.1 Å². The van der Waals surface area contributed by atoms with Crippen LogP contribution in [0.4, 0.5) is 0 Å². The zero-order valence-electron chi connectivity index (χ0n) is 10.7. The van der Waals surface area contributed by atoms with Gasteiger partial charge in [-0.2, -0.15) is 0 Å². The van der Waals surface area contributed by atoms with Crippen molar-refractivity contribution < 1.29 is 9.59 Å². The molecule has 20 heavy (non-hydrogen) atoms. The van der Waals surface area contributed by atoms with Crippen LogP contribution in [0.2, 0.25) is 0 Å². The van der Waals surface area contributed by atoms with Crippen molar-refractivity contribution in [1.29, 1.82) is 0 Å². The highest BCUT2D eigenvalue weighted by molar-refractivity contribution is 9.08. The molecule has 0 amide bonds.